The number of hydrogen-bond acceptors (Lipinski definition) is 3. The fraction of sp³-hybridized carbons (Fsp3) is 0.700. The van der Waals surface area contributed by atoms with E-state index in [-0.39, 0.29) is 0 Å². The smallest absolute Gasteiger partial charge is 0.121 e. The van der Waals surface area contributed by atoms with Gasteiger partial charge in [-0.1, -0.05) is 45.1 Å². The maximum Gasteiger partial charge on any atom is 0.121 e. The Morgan fingerprint density at radius 3 is 2.87 bits per heavy atom. The van der Waals surface area contributed by atoms with Crippen LogP contribution in [0.3, 0.4) is 0 Å². The van der Waals surface area contributed by atoms with Gasteiger partial charge in [0.15, 0.2) is 0 Å². The molecule has 0 saturated carbocycles. The highest BCUT2D eigenvalue weighted by Crippen LogP contribution is 2.19. The highest BCUT2D eigenvalue weighted by molar-refractivity contribution is 5.48. The monoisotopic (exact) mass is 318 g/mol. The van der Waals surface area contributed by atoms with Crippen molar-refractivity contribution in [2.24, 2.45) is 0 Å². The van der Waals surface area contributed by atoms with E-state index < -0.39 is 0 Å². The van der Waals surface area contributed by atoms with Gasteiger partial charge >= 0.3 is 0 Å². The van der Waals surface area contributed by atoms with Gasteiger partial charge in [0, 0.05) is 30.4 Å². The van der Waals surface area contributed by atoms with E-state index in [0.29, 0.717) is 12.1 Å². The molecule has 0 bridgehead atoms. The van der Waals surface area contributed by atoms with E-state index in [1.165, 1.54) is 44.9 Å². The maximum absolute atomic E-state index is 5.88. The molecular formula is C20H34N2O. The lowest BCUT2D eigenvalue weighted by atomic mass is 9.99. The number of rotatable bonds is 10. The van der Waals surface area contributed by atoms with E-state index in [0.717, 1.165) is 31.0 Å². The van der Waals surface area contributed by atoms with Crippen molar-refractivity contribution < 1.29 is 4.74 Å². The quantitative estimate of drug-likeness (QED) is 0.597. The van der Waals surface area contributed by atoms with Gasteiger partial charge in [-0.05, 0) is 38.3 Å². The fourth-order valence-electron chi connectivity index (χ4n) is 3.23. The van der Waals surface area contributed by atoms with Gasteiger partial charge in [-0.3, -0.25) is 0 Å². The summed E-state index contributed by atoms with van der Waals surface area (Å²) < 4.78 is 5.88. The molecular weight excluding hydrogens is 284 g/mol. The number of ether oxygens (including phenoxy) is 1. The minimum absolute atomic E-state index is 0.585. The Hall–Kier alpha value is -1.22. The summed E-state index contributed by atoms with van der Waals surface area (Å²) in [5.41, 5.74) is 1.16. The van der Waals surface area contributed by atoms with Crippen LogP contribution in [0.1, 0.15) is 65.2 Å². The molecule has 1 aromatic rings. The van der Waals surface area contributed by atoms with Crippen LogP contribution in [-0.2, 0) is 0 Å². The van der Waals surface area contributed by atoms with Crippen molar-refractivity contribution in [3.8, 4) is 5.75 Å². The molecule has 2 atom stereocenters. The fourth-order valence-corrected chi connectivity index (χ4v) is 3.23. The molecule has 3 heteroatoms. The molecule has 2 N–H and O–H groups in total. The molecule has 0 spiro atoms. The third kappa shape index (κ3) is 7.26. The molecule has 1 aliphatic heterocycles. The summed E-state index contributed by atoms with van der Waals surface area (Å²) in [5, 5.41) is 7.22. The van der Waals surface area contributed by atoms with Crippen molar-refractivity contribution in [2.75, 3.05) is 18.5 Å². The first kappa shape index (κ1) is 18.1. The lowest BCUT2D eigenvalue weighted by Crippen LogP contribution is -2.44. The lowest BCUT2D eigenvalue weighted by molar-refractivity contribution is 0.304. The van der Waals surface area contributed by atoms with Crippen molar-refractivity contribution in [3.05, 3.63) is 24.3 Å². The molecule has 1 saturated heterocycles. The van der Waals surface area contributed by atoms with Crippen LogP contribution in [0, 0.1) is 0 Å². The molecule has 0 amide bonds. The Balaban J connectivity index is 1.67. The van der Waals surface area contributed by atoms with Crippen LogP contribution in [0.25, 0.3) is 0 Å². The van der Waals surface area contributed by atoms with Gasteiger partial charge < -0.3 is 15.4 Å². The molecule has 1 aliphatic rings. The zero-order valence-corrected chi connectivity index (χ0v) is 14.9. The predicted octanol–water partition coefficient (Wildman–Crippen LogP) is 4.98. The minimum Gasteiger partial charge on any atom is -0.494 e. The van der Waals surface area contributed by atoms with Crippen molar-refractivity contribution in [3.63, 3.8) is 0 Å². The number of unbranched alkanes of at least 4 members (excludes halogenated alkanes) is 4. The molecule has 3 nitrogen and oxygen atoms in total. The van der Waals surface area contributed by atoms with Gasteiger partial charge in [0.1, 0.15) is 5.75 Å². The number of anilines is 1. The summed E-state index contributed by atoms with van der Waals surface area (Å²) in [5.74, 6) is 0.982. The zero-order chi connectivity index (χ0) is 16.3. The second-order valence-corrected chi connectivity index (χ2v) is 6.87. The molecule has 0 aliphatic carbocycles. The predicted molar refractivity (Wildman–Crippen MR) is 99.4 cm³/mol. The number of hydrogen-bond donors (Lipinski definition) is 2. The molecule has 1 fully saturated rings. The normalized spacial score (nSPS) is 21.1. The van der Waals surface area contributed by atoms with E-state index in [1.54, 1.807) is 0 Å². The minimum atomic E-state index is 0.585. The standard InChI is InChI=1S/C20H34N2O/c1-3-4-5-6-7-14-23-20-13-9-11-18(15-20)21-16-19-12-8-10-17(2)22-19/h9,11,13,15,17,19,21-22H,3-8,10,12,14,16H2,1-2H3. The Kier molecular flexibility index (Phi) is 8.30. The van der Waals surface area contributed by atoms with E-state index in [4.69, 9.17) is 4.74 Å². The van der Waals surface area contributed by atoms with Crippen molar-refractivity contribution in [1.29, 1.82) is 0 Å². The Bertz CT molecular complexity index is 435. The first-order valence-corrected chi connectivity index (χ1v) is 9.50. The topological polar surface area (TPSA) is 33.3 Å². The lowest BCUT2D eigenvalue weighted by Gasteiger charge is -2.29. The largest absolute Gasteiger partial charge is 0.494 e. The van der Waals surface area contributed by atoms with Gasteiger partial charge in [0.05, 0.1) is 6.61 Å². The summed E-state index contributed by atoms with van der Waals surface area (Å²) in [6.07, 6.45) is 10.3. The second-order valence-electron chi connectivity index (χ2n) is 6.87. The van der Waals surface area contributed by atoms with Crippen molar-refractivity contribution in [1.82, 2.24) is 5.32 Å². The zero-order valence-electron chi connectivity index (χ0n) is 14.9. The molecule has 1 aromatic carbocycles. The molecule has 0 aromatic heterocycles. The molecule has 1 heterocycles. The summed E-state index contributed by atoms with van der Waals surface area (Å²) in [6.45, 7) is 6.35. The van der Waals surface area contributed by atoms with Crippen molar-refractivity contribution in [2.45, 2.75) is 77.3 Å². The van der Waals surface area contributed by atoms with Crippen LogP contribution in [-0.4, -0.2) is 25.2 Å². The van der Waals surface area contributed by atoms with E-state index in [1.807, 2.05) is 0 Å². The molecule has 2 unspecified atom stereocenters. The first-order chi connectivity index (χ1) is 11.3. The van der Waals surface area contributed by atoms with Crippen LogP contribution in [0.4, 0.5) is 5.69 Å². The Morgan fingerprint density at radius 2 is 2.04 bits per heavy atom. The van der Waals surface area contributed by atoms with Crippen LogP contribution in [0.2, 0.25) is 0 Å². The number of benzene rings is 1. The number of piperidine rings is 1. The second kappa shape index (κ2) is 10.5. The summed E-state index contributed by atoms with van der Waals surface area (Å²) in [6, 6.07) is 9.61. The average Bonchev–Trinajstić information content (AvgIpc) is 2.57. The summed E-state index contributed by atoms with van der Waals surface area (Å²) in [7, 11) is 0. The highest BCUT2D eigenvalue weighted by atomic mass is 16.5. The van der Waals surface area contributed by atoms with Crippen molar-refractivity contribution >= 4 is 5.69 Å². The first-order valence-electron chi connectivity index (χ1n) is 9.50. The van der Waals surface area contributed by atoms with Crippen LogP contribution < -0.4 is 15.4 Å². The molecule has 130 valence electrons. The van der Waals surface area contributed by atoms with Crippen LogP contribution >= 0.6 is 0 Å². The average molecular weight is 319 g/mol. The third-order valence-corrected chi connectivity index (χ3v) is 4.61. The Labute approximate surface area is 142 Å². The van der Waals surface area contributed by atoms with E-state index in [9.17, 15) is 0 Å². The van der Waals surface area contributed by atoms with Crippen LogP contribution in [0.5, 0.6) is 5.75 Å². The van der Waals surface area contributed by atoms with E-state index in [2.05, 4.69) is 48.7 Å². The van der Waals surface area contributed by atoms with Gasteiger partial charge in [0.25, 0.3) is 0 Å². The van der Waals surface area contributed by atoms with E-state index >= 15 is 0 Å². The summed E-state index contributed by atoms with van der Waals surface area (Å²) >= 11 is 0. The Morgan fingerprint density at radius 1 is 1.17 bits per heavy atom. The van der Waals surface area contributed by atoms with Gasteiger partial charge in [-0.25, -0.2) is 0 Å². The molecule has 0 radical (unpaired) electrons. The SMILES string of the molecule is CCCCCCCOc1cccc(NCC2CCCC(C)N2)c1. The molecule has 2 rings (SSSR count). The van der Waals surface area contributed by atoms with Gasteiger partial charge in [0.2, 0.25) is 0 Å². The number of nitrogens with one attached hydrogen (secondary N) is 2. The molecule has 23 heavy (non-hydrogen) atoms. The highest BCUT2D eigenvalue weighted by Gasteiger charge is 2.17. The summed E-state index contributed by atoms with van der Waals surface area (Å²) in [4.78, 5) is 0. The maximum atomic E-state index is 5.88. The third-order valence-electron chi connectivity index (χ3n) is 4.61. The van der Waals surface area contributed by atoms with Gasteiger partial charge in [-0.2, -0.15) is 0 Å². The van der Waals surface area contributed by atoms with Crippen LogP contribution in [0.15, 0.2) is 24.3 Å². The van der Waals surface area contributed by atoms with Gasteiger partial charge in [-0.15, -0.1) is 0 Å².